The molecule has 0 aliphatic carbocycles. The monoisotopic (exact) mass is 456 g/mol. The molecule has 32 heavy (non-hydrogen) atoms. The third-order valence-electron chi connectivity index (χ3n) is 4.20. The lowest BCUT2D eigenvalue weighted by atomic mass is 10.0. The van der Waals surface area contributed by atoms with Crippen molar-refractivity contribution in [2.24, 2.45) is 0 Å². The van der Waals surface area contributed by atoms with Crippen LogP contribution in [0.2, 0.25) is 0 Å². The molecule has 0 saturated carbocycles. The van der Waals surface area contributed by atoms with E-state index in [4.69, 9.17) is 0 Å². The molecule has 0 bridgehead atoms. The van der Waals surface area contributed by atoms with Gasteiger partial charge in [0.1, 0.15) is 12.2 Å². The summed E-state index contributed by atoms with van der Waals surface area (Å²) in [7, 11) is 0. The molecule has 1 N–H and O–H groups in total. The number of hydrogen-bond donors (Lipinski definition) is 1. The topological polar surface area (TPSA) is 85.6 Å². The molecule has 0 saturated heterocycles. The maximum Gasteiger partial charge on any atom is 0.416 e. The van der Waals surface area contributed by atoms with Crippen LogP contribution in [0.4, 0.5) is 26.3 Å². The molecule has 1 amide bonds. The molecule has 2 heterocycles. The lowest BCUT2D eigenvalue weighted by Crippen LogP contribution is -2.32. The van der Waals surface area contributed by atoms with Crippen LogP contribution in [0.25, 0.3) is 11.4 Å². The van der Waals surface area contributed by atoms with E-state index in [1.54, 1.807) is 6.92 Å². The Morgan fingerprint density at radius 2 is 1.59 bits per heavy atom. The Bertz CT molecular complexity index is 1100. The van der Waals surface area contributed by atoms with Gasteiger partial charge in [0.2, 0.25) is 5.91 Å². The molecule has 1 unspecified atom stereocenters. The lowest BCUT2D eigenvalue weighted by molar-refractivity contribution is -0.143. The van der Waals surface area contributed by atoms with E-state index in [9.17, 15) is 31.1 Å². The molecule has 7 nitrogen and oxygen atoms in total. The zero-order chi connectivity index (χ0) is 23.7. The second kappa shape index (κ2) is 8.40. The Kier molecular flexibility index (Phi) is 6.01. The molecule has 3 aromatic rings. The average Bonchev–Trinajstić information content (AvgIpc) is 3.21. The number of halogens is 6. The van der Waals surface area contributed by atoms with Gasteiger partial charge < -0.3 is 5.32 Å². The van der Waals surface area contributed by atoms with Crippen molar-refractivity contribution in [3.05, 3.63) is 72.1 Å². The minimum Gasteiger partial charge on any atom is -0.327 e. The molecule has 3 rings (SSSR count). The van der Waals surface area contributed by atoms with Crippen molar-refractivity contribution in [3.8, 4) is 11.4 Å². The number of carbonyl (C=O) groups excluding carboxylic acids is 1. The van der Waals surface area contributed by atoms with Gasteiger partial charge in [0.05, 0.1) is 11.1 Å². The fourth-order valence-corrected chi connectivity index (χ4v) is 2.66. The highest BCUT2D eigenvalue weighted by Crippen LogP contribution is 2.38. The molecule has 2 aromatic heterocycles. The highest BCUT2D eigenvalue weighted by atomic mass is 19.4. The standard InChI is InChI=1S/C19H14F6N6O/c1-3-15(32)29-17(12-7-26-10(2)27-8-12)31-9-28-16(30-31)11-4-13(18(20,21)22)6-14(5-11)19(23,24)25/h3-9,17H,1H2,2H3,(H,29,32). The summed E-state index contributed by atoms with van der Waals surface area (Å²) >= 11 is 0. The van der Waals surface area contributed by atoms with Crippen molar-refractivity contribution in [3.63, 3.8) is 0 Å². The van der Waals surface area contributed by atoms with Crippen LogP contribution < -0.4 is 5.32 Å². The molecule has 0 aliphatic rings. The molecule has 168 valence electrons. The molecule has 0 aliphatic heterocycles. The predicted octanol–water partition coefficient (Wildman–Crippen LogP) is 3.93. The maximum absolute atomic E-state index is 13.1. The molecule has 0 fully saturated rings. The maximum atomic E-state index is 13.1. The van der Waals surface area contributed by atoms with Crippen LogP contribution in [-0.4, -0.2) is 30.6 Å². The third-order valence-corrected chi connectivity index (χ3v) is 4.20. The fourth-order valence-electron chi connectivity index (χ4n) is 2.66. The van der Waals surface area contributed by atoms with Gasteiger partial charge in [-0.2, -0.15) is 26.3 Å². The first-order valence-corrected chi connectivity index (χ1v) is 8.81. The van der Waals surface area contributed by atoms with E-state index >= 15 is 0 Å². The predicted molar refractivity (Wildman–Crippen MR) is 98.7 cm³/mol. The zero-order valence-corrected chi connectivity index (χ0v) is 16.2. The Labute approximate surface area is 176 Å². The Hall–Kier alpha value is -3.77. The summed E-state index contributed by atoms with van der Waals surface area (Å²) in [5, 5.41) is 6.50. The number of amides is 1. The van der Waals surface area contributed by atoms with Crippen molar-refractivity contribution < 1.29 is 31.1 Å². The minimum atomic E-state index is -5.02. The normalized spacial score (nSPS) is 13.0. The van der Waals surface area contributed by atoms with Gasteiger partial charge in [-0.25, -0.2) is 19.6 Å². The van der Waals surface area contributed by atoms with E-state index in [1.807, 2.05) is 0 Å². The van der Waals surface area contributed by atoms with Gasteiger partial charge in [0.25, 0.3) is 0 Å². The van der Waals surface area contributed by atoms with Gasteiger partial charge in [-0.3, -0.25) is 4.79 Å². The number of hydrogen-bond acceptors (Lipinski definition) is 5. The Morgan fingerprint density at radius 1 is 1.03 bits per heavy atom. The van der Waals surface area contributed by atoms with Crippen molar-refractivity contribution in [2.75, 3.05) is 0 Å². The van der Waals surface area contributed by atoms with E-state index in [0.29, 0.717) is 23.5 Å². The summed E-state index contributed by atoms with van der Waals surface area (Å²) in [5.74, 6) is -0.594. The Morgan fingerprint density at radius 3 is 2.09 bits per heavy atom. The van der Waals surface area contributed by atoms with Crippen molar-refractivity contribution >= 4 is 5.91 Å². The Balaban J connectivity index is 2.08. The van der Waals surface area contributed by atoms with E-state index in [-0.39, 0.29) is 6.07 Å². The third kappa shape index (κ3) is 5.10. The smallest absolute Gasteiger partial charge is 0.327 e. The number of alkyl halides is 6. The van der Waals surface area contributed by atoms with Crippen LogP contribution in [0, 0.1) is 6.92 Å². The van der Waals surface area contributed by atoms with Gasteiger partial charge in [-0.05, 0) is 31.2 Å². The molecule has 1 atom stereocenters. The van der Waals surface area contributed by atoms with Crippen molar-refractivity contribution in [1.82, 2.24) is 30.0 Å². The highest BCUT2D eigenvalue weighted by molar-refractivity contribution is 5.87. The van der Waals surface area contributed by atoms with Gasteiger partial charge in [0, 0.05) is 23.5 Å². The number of aryl methyl sites for hydroxylation is 1. The summed E-state index contributed by atoms with van der Waals surface area (Å²) in [6.07, 6.45) is -6.29. The summed E-state index contributed by atoms with van der Waals surface area (Å²) in [6, 6.07) is 1.04. The summed E-state index contributed by atoms with van der Waals surface area (Å²) in [5.41, 5.74) is -3.16. The average molecular weight is 456 g/mol. The first-order chi connectivity index (χ1) is 14.9. The number of carbonyl (C=O) groups is 1. The number of nitrogens with zero attached hydrogens (tertiary/aromatic N) is 5. The highest BCUT2D eigenvalue weighted by Gasteiger charge is 2.37. The lowest BCUT2D eigenvalue weighted by Gasteiger charge is -2.17. The fraction of sp³-hybridized carbons (Fsp3) is 0.211. The first kappa shape index (κ1) is 22.9. The van der Waals surface area contributed by atoms with E-state index in [1.165, 1.54) is 12.4 Å². The SMILES string of the molecule is C=CC(=O)NC(c1cnc(C)nc1)n1cnc(-c2cc(C(F)(F)F)cc(C(F)(F)F)c2)n1. The molecule has 0 radical (unpaired) electrons. The quantitative estimate of drug-likeness (QED) is 0.465. The number of nitrogens with one attached hydrogen (secondary N) is 1. The van der Waals surface area contributed by atoms with Crippen LogP contribution >= 0.6 is 0 Å². The zero-order valence-electron chi connectivity index (χ0n) is 16.2. The van der Waals surface area contributed by atoms with Crippen LogP contribution in [0.5, 0.6) is 0 Å². The first-order valence-electron chi connectivity index (χ1n) is 8.81. The number of benzene rings is 1. The largest absolute Gasteiger partial charge is 0.416 e. The van der Waals surface area contributed by atoms with Crippen molar-refractivity contribution in [1.29, 1.82) is 0 Å². The van der Waals surface area contributed by atoms with Gasteiger partial charge in [0.15, 0.2) is 12.0 Å². The van der Waals surface area contributed by atoms with Gasteiger partial charge in [-0.15, -0.1) is 5.10 Å². The van der Waals surface area contributed by atoms with Crippen LogP contribution in [0.15, 0.2) is 49.6 Å². The molecular formula is C19H14F6N6O. The minimum absolute atomic E-state index is 0.0112. The van der Waals surface area contributed by atoms with Crippen LogP contribution in [0.3, 0.4) is 0 Å². The van der Waals surface area contributed by atoms with Gasteiger partial charge >= 0.3 is 12.4 Å². The summed E-state index contributed by atoms with van der Waals surface area (Å²) in [4.78, 5) is 23.7. The molecular weight excluding hydrogens is 442 g/mol. The summed E-state index contributed by atoms with van der Waals surface area (Å²) in [6.45, 7) is 4.96. The van der Waals surface area contributed by atoms with Gasteiger partial charge in [-0.1, -0.05) is 6.58 Å². The molecule has 1 aromatic carbocycles. The molecule has 13 heteroatoms. The van der Waals surface area contributed by atoms with E-state index < -0.39 is 46.9 Å². The van der Waals surface area contributed by atoms with Crippen molar-refractivity contribution in [2.45, 2.75) is 25.4 Å². The van der Waals surface area contributed by atoms with E-state index in [0.717, 1.165) is 17.1 Å². The van der Waals surface area contributed by atoms with Crippen LogP contribution in [0.1, 0.15) is 28.7 Å². The second-order valence-electron chi connectivity index (χ2n) is 6.52. The number of rotatable bonds is 5. The van der Waals surface area contributed by atoms with Crippen LogP contribution in [-0.2, 0) is 17.1 Å². The second-order valence-corrected chi connectivity index (χ2v) is 6.52. The summed E-state index contributed by atoms with van der Waals surface area (Å²) < 4.78 is 79.9. The van der Waals surface area contributed by atoms with E-state index in [2.05, 4.69) is 31.9 Å². The molecule has 0 spiro atoms. The number of aromatic nitrogens is 5.